The van der Waals surface area contributed by atoms with Crippen LogP contribution in [0.3, 0.4) is 0 Å². The molecule has 1 heterocycles. The average Bonchev–Trinajstić information content (AvgIpc) is 2.31. The SMILES string of the molecule is Cc1cc([C@@H](C)NO)sc1Br. The van der Waals surface area contributed by atoms with Gasteiger partial charge in [-0.2, -0.15) is 5.48 Å². The lowest BCUT2D eigenvalue weighted by Gasteiger charge is -2.03. The minimum absolute atomic E-state index is 0.0185. The fourth-order valence-electron chi connectivity index (χ4n) is 0.761. The Morgan fingerprint density at radius 3 is 2.73 bits per heavy atom. The van der Waals surface area contributed by atoms with Crippen LogP contribution in [0.1, 0.15) is 23.4 Å². The molecular formula is C7H10BrNOS. The monoisotopic (exact) mass is 235 g/mol. The number of nitrogens with one attached hydrogen (secondary N) is 1. The van der Waals surface area contributed by atoms with Gasteiger partial charge in [-0.25, -0.2) is 0 Å². The Hall–Kier alpha value is 0.100. The first-order chi connectivity index (χ1) is 5.15. The molecule has 0 saturated heterocycles. The molecule has 0 saturated carbocycles. The van der Waals surface area contributed by atoms with Crippen molar-refractivity contribution in [2.75, 3.05) is 0 Å². The van der Waals surface area contributed by atoms with Gasteiger partial charge in [0.05, 0.1) is 9.83 Å². The number of aryl methyl sites for hydroxylation is 1. The Morgan fingerprint density at radius 2 is 2.36 bits per heavy atom. The first-order valence-corrected chi connectivity index (χ1v) is 4.91. The summed E-state index contributed by atoms with van der Waals surface area (Å²) in [5.41, 5.74) is 3.43. The summed E-state index contributed by atoms with van der Waals surface area (Å²) in [7, 11) is 0. The van der Waals surface area contributed by atoms with Crippen molar-refractivity contribution < 1.29 is 5.21 Å². The highest BCUT2D eigenvalue weighted by atomic mass is 79.9. The maximum atomic E-state index is 8.63. The molecule has 1 rings (SSSR count). The van der Waals surface area contributed by atoms with Gasteiger partial charge in [-0.15, -0.1) is 11.3 Å². The lowest BCUT2D eigenvalue weighted by atomic mass is 10.2. The Morgan fingerprint density at radius 1 is 1.73 bits per heavy atom. The maximum absolute atomic E-state index is 8.63. The Kier molecular flexibility index (Phi) is 3.06. The summed E-state index contributed by atoms with van der Waals surface area (Å²) in [5.74, 6) is 0. The van der Waals surface area contributed by atoms with Crippen molar-refractivity contribution in [2.45, 2.75) is 19.9 Å². The molecule has 62 valence electrons. The summed E-state index contributed by atoms with van der Waals surface area (Å²) in [4.78, 5) is 1.14. The van der Waals surface area contributed by atoms with Gasteiger partial charge in [0.1, 0.15) is 0 Å². The lowest BCUT2D eigenvalue weighted by molar-refractivity contribution is 0.135. The van der Waals surface area contributed by atoms with E-state index >= 15 is 0 Å². The minimum atomic E-state index is 0.0185. The highest BCUT2D eigenvalue weighted by molar-refractivity contribution is 9.11. The normalized spacial score (nSPS) is 13.5. The van der Waals surface area contributed by atoms with E-state index in [1.165, 1.54) is 5.56 Å². The van der Waals surface area contributed by atoms with Crippen molar-refractivity contribution in [3.63, 3.8) is 0 Å². The third kappa shape index (κ3) is 2.02. The van der Waals surface area contributed by atoms with Gasteiger partial charge in [0.15, 0.2) is 0 Å². The highest BCUT2D eigenvalue weighted by Gasteiger charge is 2.08. The van der Waals surface area contributed by atoms with E-state index in [-0.39, 0.29) is 6.04 Å². The molecule has 2 nitrogen and oxygen atoms in total. The number of thiophene rings is 1. The molecule has 1 aromatic heterocycles. The zero-order valence-corrected chi connectivity index (χ0v) is 8.79. The Bertz CT molecular complexity index is 229. The van der Waals surface area contributed by atoms with Crippen molar-refractivity contribution >= 4 is 27.3 Å². The number of halogens is 1. The summed E-state index contributed by atoms with van der Waals surface area (Å²) in [6, 6.07) is 2.08. The number of hydrogen-bond acceptors (Lipinski definition) is 3. The van der Waals surface area contributed by atoms with E-state index in [1.807, 2.05) is 13.8 Å². The second kappa shape index (κ2) is 3.67. The third-order valence-corrected chi connectivity index (χ3v) is 3.82. The van der Waals surface area contributed by atoms with Crippen LogP contribution in [0, 0.1) is 6.92 Å². The van der Waals surface area contributed by atoms with Gasteiger partial charge >= 0.3 is 0 Å². The van der Waals surface area contributed by atoms with Crippen molar-refractivity contribution in [3.05, 3.63) is 20.3 Å². The summed E-state index contributed by atoms with van der Waals surface area (Å²) in [6.45, 7) is 3.95. The predicted octanol–water partition coefficient (Wildman–Crippen LogP) is 2.86. The fraction of sp³-hybridized carbons (Fsp3) is 0.429. The lowest BCUT2D eigenvalue weighted by Crippen LogP contribution is -2.11. The average molecular weight is 236 g/mol. The molecular weight excluding hydrogens is 226 g/mol. The first-order valence-electron chi connectivity index (χ1n) is 3.30. The molecule has 0 amide bonds. The van der Waals surface area contributed by atoms with Crippen molar-refractivity contribution in [1.82, 2.24) is 5.48 Å². The second-order valence-corrected chi connectivity index (χ2v) is 4.86. The first kappa shape index (κ1) is 9.19. The number of rotatable bonds is 2. The molecule has 0 spiro atoms. The van der Waals surface area contributed by atoms with Crippen molar-refractivity contribution in [3.8, 4) is 0 Å². The van der Waals surface area contributed by atoms with Crippen LogP contribution >= 0.6 is 27.3 Å². The van der Waals surface area contributed by atoms with E-state index in [4.69, 9.17) is 5.21 Å². The second-order valence-electron chi connectivity index (χ2n) is 2.46. The highest BCUT2D eigenvalue weighted by Crippen LogP contribution is 2.30. The van der Waals surface area contributed by atoms with Gasteiger partial charge in [0.2, 0.25) is 0 Å². The predicted molar refractivity (Wildman–Crippen MR) is 50.1 cm³/mol. The van der Waals surface area contributed by atoms with E-state index in [0.717, 1.165) is 8.66 Å². The van der Waals surface area contributed by atoms with Gasteiger partial charge in [-0.3, -0.25) is 0 Å². The quantitative estimate of drug-likeness (QED) is 0.774. The van der Waals surface area contributed by atoms with Gasteiger partial charge in [-0.05, 0) is 41.4 Å². The molecule has 0 bridgehead atoms. The van der Waals surface area contributed by atoms with E-state index in [9.17, 15) is 0 Å². The van der Waals surface area contributed by atoms with Gasteiger partial charge in [0, 0.05) is 4.88 Å². The van der Waals surface area contributed by atoms with E-state index in [1.54, 1.807) is 11.3 Å². The van der Waals surface area contributed by atoms with Crippen LogP contribution in [0.15, 0.2) is 9.85 Å². The van der Waals surface area contributed by atoms with Crippen LogP contribution in [0.4, 0.5) is 0 Å². The molecule has 0 aliphatic rings. The molecule has 0 fully saturated rings. The van der Waals surface area contributed by atoms with Crippen LogP contribution in [0.2, 0.25) is 0 Å². The maximum Gasteiger partial charge on any atom is 0.0731 e. The largest absolute Gasteiger partial charge is 0.316 e. The Balaban J connectivity index is 2.88. The Labute approximate surface area is 78.3 Å². The molecule has 11 heavy (non-hydrogen) atoms. The van der Waals surface area contributed by atoms with Gasteiger partial charge in [0.25, 0.3) is 0 Å². The summed E-state index contributed by atoms with van der Waals surface area (Å²) in [6.07, 6.45) is 0. The van der Waals surface area contributed by atoms with Crippen LogP contribution in [0.25, 0.3) is 0 Å². The van der Waals surface area contributed by atoms with E-state index in [0.29, 0.717) is 0 Å². The summed E-state index contributed by atoms with van der Waals surface area (Å²) < 4.78 is 1.13. The molecule has 0 radical (unpaired) electrons. The van der Waals surface area contributed by atoms with Crippen molar-refractivity contribution in [2.24, 2.45) is 0 Å². The molecule has 0 unspecified atom stereocenters. The third-order valence-electron chi connectivity index (χ3n) is 1.50. The molecule has 0 aliphatic carbocycles. The van der Waals surface area contributed by atoms with Gasteiger partial charge < -0.3 is 5.21 Å². The zero-order valence-electron chi connectivity index (χ0n) is 6.39. The topological polar surface area (TPSA) is 32.3 Å². The number of hydroxylamine groups is 1. The van der Waals surface area contributed by atoms with Crippen LogP contribution in [-0.4, -0.2) is 5.21 Å². The van der Waals surface area contributed by atoms with Crippen LogP contribution in [0.5, 0.6) is 0 Å². The summed E-state index contributed by atoms with van der Waals surface area (Å²) in [5, 5.41) is 8.63. The van der Waals surface area contributed by atoms with E-state index in [2.05, 4.69) is 27.5 Å². The zero-order chi connectivity index (χ0) is 8.43. The molecule has 1 aromatic rings. The summed E-state index contributed by atoms with van der Waals surface area (Å²) >= 11 is 5.06. The molecule has 2 N–H and O–H groups in total. The molecule has 4 heteroatoms. The van der Waals surface area contributed by atoms with Gasteiger partial charge in [-0.1, -0.05) is 0 Å². The van der Waals surface area contributed by atoms with Crippen LogP contribution < -0.4 is 5.48 Å². The minimum Gasteiger partial charge on any atom is -0.316 e. The van der Waals surface area contributed by atoms with E-state index < -0.39 is 0 Å². The van der Waals surface area contributed by atoms with Crippen LogP contribution in [-0.2, 0) is 0 Å². The number of hydrogen-bond donors (Lipinski definition) is 2. The molecule has 0 aliphatic heterocycles. The fourth-order valence-corrected chi connectivity index (χ4v) is 2.33. The smallest absolute Gasteiger partial charge is 0.0731 e. The van der Waals surface area contributed by atoms with Crippen molar-refractivity contribution in [1.29, 1.82) is 0 Å². The molecule has 0 aromatic carbocycles. The standard InChI is InChI=1S/C7H10BrNOS/c1-4-3-6(5(2)9-10)11-7(4)8/h3,5,9-10H,1-2H3/t5-/m1/s1. The molecule has 1 atom stereocenters.